The van der Waals surface area contributed by atoms with Crippen molar-refractivity contribution in [2.75, 3.05) is 26.3 Å². The molecule has 0 bridgehead atoms. The summed E-state index contributed by atoms with van der Waals surface area (Å²) in [6, 6.07) is 1.68. The molecule has 0 aromatic carbocycles. The SMILES string of the molecule is CCCNCc1csc(S(=O)(=O)N2CCOCC2C)c1. The highest BCUT2D eigenvalue weighted by Crippen LogP contribution is 2.26. The summed E-state index contributed by atoms with van der Waals surface area (Å²) in [5, 5.41) is 5.20. The second-order valence-electron chi connectivity index (χ2n) is 4.99. The van der Waals surface area contributed by atoms with E-state index in [0.717, 1.165) is 25.1 Å². The third kappa shape index (κ3) is 3.59. The Hall–Kier alpha value is -0.470. The fourth-order valence-corrected chi connectivity index (χ4v) is 5.11. The van der Waals surface area contributed by atoms with E-state index in [1.165, 1.54) is 11.3 Å². The predicted octanol–water partition coefficient (Wildman–Crippen LogP) is 1.66. The van der Waals surface area contributed by atoms with Gasteiger partial charge in [-0.25, -0.2) is 8.42 Å². The van der Waals surface area contributed by atoms with Gasteiger partial charge in [0.25, 0.3) is 10.0 Å². The van der Waals surface area contributed by atoms with Gasteiger partial charge in [0.1, 0.15) is 4.21 Å². The first-order chi connectivity index (χ1) is 9.55. The van der Waals surface area contributed by atoms with Crippen LogP contribution in [-0.2, 0) is 21.3 Å². The third-order valence-corrected chi connectivity index (χ3v) is 6.73. The number of hydrogen-bond acceptors (Lipinski definition) is 5. The lowest BCUT2D eigenvalue weighted by atomic mass is 10.3. The highest BCUT2D eigenvalue weighted by Gasteiger charge is 2.32. The van der Waals surface area contributed by atoms with Gasteiger partial charge in [-0.1, -0.05) is 6.92 Å². The van der Waals surface area contributed by atoms with Gasteiger partial charge in [-0.15, -0.1) is 11.3 Å². The van der Waals surface area contributed by atoms with Gasteiger partial charge in [0.2, 0.25) is 0 Å². The lowest BCUT2D eigenvalue weighted by molar-refractivity contribution is 0.0393. The van der Waals surface area contributed by atoms with E-state index in [1.54, 1.807) is 10.4 Å². The molecule has 1 aliphatic heterocycles. The van der Waals surface area contributed by atoms with Crippen LogP contribution in [0.5, 0.6) is 0 Å². The molecule has 1 unspecified atom stereocenters. The normalized spacial score (nSPS) is 21.2. The highest BCUT2D eigenvalue weighted by molar-refractivity contribution is 7.91. The molecule has 0 amide bonds. The van der Waals surface area contributed by atoms with Gasteiger partial charge in [0.15, 0.2) is 0 Å². The van der Waals surface area contributed by atoms with Crippen molar-refractivity contribution in [3.8, 4) is 0 Å². The van der Waals surface area contributed by atoms with Crippen molar-refractivity contribution in [3.05, 3.63) is 17.0 Å². The van der Waals surface area contributed by atoms with Crippen LogP contribution in [0.1, 0.15) is 25.8 Å². The molecule has 1 aliphatic rings. The fraction of sp³-hybridized carbons (Fsp3) is 0.692. The average Bonchev–Trinajstić information content (AvgIpc) is 2.89. The topological polar surface area (TPSA) is 58.6 Å². The molecule has 1 N–H and O–H groups in total. The molecule has 0 aliphatic carbocycles. The average molecular weight is 318 g/mol. The largest absolute Gasteiger partial charge is 0.378 e. The van der Waals surface area contributed by atoms with Crippen molar-refractivity contribution in [1.82, 2.24) is 9.62 Å². The van der Waals surface area contributed by atoms with Gasteiger partial charge in [0.05, 0.1) is 13.2 Å². The van der Waals surface area contributed by atoms with E-state index in [4.69, 9.17) is 4.74 Å². The van der Waals surface area contributed by atoms with E-state index in [1.807, 2.05) is 12.3 Å². The zero-order valence-corrected chi connectivity index (χ0v) is 13.6. The number of sulfonamides is 1. The Kier molecular flexibility index (Phi) is 5.57. The lowest BCUT2D eigenvalue weighted by Crippen LogP contribution is -2.46. The van der Waals surface area contributed by atoms with E-state index < -0.39 is 10.0 Å². The first-order valence-corrected chi connectivity index (χ1v) is 9.25. The molecule has 5 nitrogen and oxygen atoms in total. The van der Waals surface area contributed by atoms with Gasteiger partial charge in [-0.05, 0) is 36.9 Å². The summed E-state index contributed by atoms with van der Waals surface area (Å²) >= 11 is 1.30. The van der Waals surface area contributed by atoms with Gasteiger partial charge in [-0.2, -0.15) is 4.31 Å². The molecular weight excluding hydrogens is 296 g/mol. The van der Waals surface area contributed by atoms with Crippen molar-refractivity contribution in [3.63, 3.8) is 0 Å². The second-order valence-corrected chi connectivity index (χ2v) is 8.02. The van der Waals surface area contributed by atoms with Crippen LogP contribution in [-0.4, -0.2) is 45.1 Å². The molecule has 1 fully saturated rings. The second kappa shape index (κ2) is 7.00. The zero-order chi connectivity index (χ0) is 14.6. The maximum absolute atomic E-state index is 12.6. The van der Waals surface area contributed by atoms with E-state index >= 15 is 0 Å². The lowest BCUT2D eigenvalue weighted by Gasteiger charge is -2.31. The van der Waals surface area contributed by atoms with Crippen LogP contribution in [0.15, 0.2) is 15.7 Å². The number of morpholine rings is 1. The number of nitrogens with one attached hydrogen (secondary N) is 1. The molecule has 1 aromatic heterocycles. The summed E-state index contributed by atoms with van der Waals surface area (Å²) in [5.41, 5.74) is 1.03. The van der Waals surface area contributed by atoms with Crippen LogP contribution < -0.4 is 5.32 Å². The van der Waals surface area contributed by atoms with Crippen LogP contribution >= 0.6 is 11.3 Å². The minimum Gasteiger partial charge on any atom is -0.378 e. The standard InChI is InChI=1S/C13H22N2O3S2/c1-3-4-14-8-12-7-13(19-10-12)20(16,17)15-5-6-18-9-11(15)2/h7,10-11,14H,3-6,8-9H2,1-2H3. The van der Waals surface area contributed by atoms with E-state index in [9.17, 15) is 8.42 Å². The van der Waals surface area contributed by atoms with Gasteiger partial charge in [0, 0.05) is 19.1 Å². The first kappa shape index (κ1) is 15.9. The Bertz CT molecular complexity index is 527. The molecule has 2 heterocycles. The number of nitrogens with zero attached hydrogens (tertiary/aromatic N) is 1. The molecule has 1 aromatic rings. The molecule has 2 rings (SSSR count). The van der Waals surface area contributed by atoms with E-state index in [-0.39, 0.29) is 6.04 Å². The summed E-state index contributed by atoms with van der Waals surface area (Å²) in [4.78, 5) is 0. The Balaban J connectivity index is 2.09. The Morgan fingerprint density at radius 3 is 3.05 bits per heavy atom. The Labute approximate surface area is 125 Å². The summed E-state index contributed by atoms with van der Waals surface area (Å²) in [7, 11) is -3.38. The maximum atomic E-state index is 12.6. The van der Waals surface area contributed by atoms with Crippen LogP contribution in [0, 0.1) is 0 Å². The monoisotopic (exact) mass is 318 g/mol. The number of thiophene rings is 1. The summed E-state index contributed by atoms with van der Waals surface area (Å²) < 4.78 is 32.5. The molecule has 1 saturated heterocycles. The Morgan fingerprint density at radius 1 is 1.55 bits per heavy atom. The molecule has 20 heavy (non-hydrogen) atoms. The minimum absolute atomic E-state index is 0.0995. The molecule has 0 spiro atoms. The van der Waals surface area contributed by atoms with Crippen molar-refractivity contribution < 1.29 is 13.2 Å². The van der Waals surface area contributed by atoms with E-state index in [2.05, 4.69) is 12.2 Å². The molecule has 0 radical (unpaired) electrons. The Morgan fingerprint density at radius 2 is 2.35 bits per heavy atom. The number of hydrogen-bond donors (Lipinski definition) is 1. The van der Waals surface area contributed by atoms with Crippen molar-refractivity contribution >= 4 is 21.4 Å². The van der Waals surface area contributed by atoms with Crippen LogP contribution in [0.4, 0.5) is 0 Å². The molecule has 7 heteroatoms. The third-order valence-electron chi connectivity index (χ3n) is 3.26. The predicted molar refractivity (Wildman–Crippen MR) is 80.5 cm³/mol. The summed E-state index contributed by atoms with van der Waals surface area (Å²) in [5.74, 6) is 0. The smallest absolute Gasteiger partial charge is 0.252 e. The summed E-state index contributed by atoms with van der Waals surface area (Å²) in [6.07, 6.45) is 1.07. The quantitative estimate of drug-likeness (QED) is 0.811. The van der Waals surface area contributed by atoms with Crippen LogP contribution in [0.25, 0.3) is 0 Å². The maximum Gasteiger partial charge on any atom is 0.252 e. The fourth-order valence-electron chi connectivity index (χ4n) is 2.18. The van der Waals surface area contributed by atoms with E-state index in [0.29, 0.717) is 24.0 Å². The molecule has 0 saturated carbocycles. The molecule has 1 atom stereocenters. The first-order valence-electron chi connectivity index (χ1n) is 6.93. The molecule has 114 valence electrons. The molecular formula is C13H22N2O3S2. The van der Waals surface area contributed by atoms with Crippen molar-refractivity contribution in [1.29, 1.82) is 0 Å². The van der Waals surface area contributed by atoms with Gasteiger partial charge < -0.3 is 10.1 Å². The minimum atomic E-state index is -3.38. The number of rotatable bonds is 6. The van der Waals surface area contributed by atoms with Crippen LogP contribution in [0.3, 0.4) is 0 Å². The zero-order valence-electron chi connectivity index (χ0n) is 12.0. The summed E-state index contributed by atoms with van der Waals surface area (Å²) in [6.45, 7) is 7.03. The van der Waals surface area contributed by atoms with Gasteiger partial charge in [-0.3, -0.25) is 0 Å². The highest BCUT2D eigenvalue weighted by atomic mass is 32.2. The van der Waals surface area contributed by atoms with Crippen molar-refractivity contribution in [2.24, 2.45) is 0 Å². The van der Waals surface area contributed by atoms with Crippen LogP contribution in [0.2, 0.25) is 0 Å². The van der Waals surface area contributed by atoms with Crippen molar-refractivity contribution in [2.45, 2.75) is 37.1 Å². The number of ether oxygens (including phenoxy) is 1. The van der Waals surface area contributed by atoms with Gasteiger partial charge >= 0.3 is 0 Å².